The van der Waals surface area contributed by atoms with E-state index in [0.29, 0.717) is 6.04 Å². The highest BCUT2D eigenvalue weighted by molar-refractivity contribution is 4.99. The second-order valence-corrected chi connectivity index (χ2v) is 6.06. The van der Waals surface area contributed by atoms with E-state index in [-0.39, 0.29) is 11.1 Å². The van der Waals surface area contributed by atoms with E-state index in [1.807, 2.05) is 7.05 Å². The van der Waals surface area contributed by atoms with Crippen LogP contribution in [0.5, 0.6) is 0 Å². The summed E-state index contributed by atoms with van der Waals surface area (Å²) in [7, 11) is 2.00. The monoisotopic (exact) mass is 213 g/mol. The molecule has 0 bridgehead atoms. The van der Waals surface area contributed by atoms with Crippen LogP contribution in [-0.4, -0.2) is 37.3 Å². The molecule has 1 saturated heterocycles. The zero-order valence-electron chi connectivity index (χ0n) is 10.9. The molecule has 0 aromatic heterocycles. The molecular formula is C12H27N3. The molecule has 1 aliphatic heterocycles. The number of rotatable bonds is 4. The normalized spacial score (nSPS) is 25.4. The van der Waals surface area contributed by atoms with Crippen molar-refractivity contribution in [3.8, 4) is 0 Å². The molecule has 0 atom stereocenters. The first kappa shape index (κ1) is 12.9. The maximum Gasteiger partial charge on any atom is 0.0144 e. The molecular weight excluding hydrogens is 186 g/mol. The van der Waals surface area contributed by atoms with Gasteiger partial charge in [0.25, 0.3) is 0 Å². The Balaban J connectivity index is 2.44. The minimum Gasteiger partial charge on any atom is -0.318 e. The van der Waals surface area contributed by atoms with Crippen LogP contribution in [0.1, 0.15) is 40.5 Å². The molecule has 0 radical (unpaired) electrons. The Morgan fingerprint density at radius 3 is 2.07 bits per heavy atom. The molecule has 0 aromatic carbocycles. The van der Waals surface area contributed by atoms with Gasteiger partial charge in [0.1, 0.15) is 0 Å². The first-order chi connectivity index (χ1) is 6.85. The summed E-state index contributed by atoms with van der Waals surface area (Å²) in [5.74, 6) is 0. The lowest BCUT2D eigenvalue weighted by Gasteiger charge is -2.46. The van der Waals surface area contributed by atoms with Crippen molar-refractivity contribution in [2.75, 3.05) is 20.1 Å². The average molecular weight is 213 g/mol. The standard InChI is InChI=1S/C12H27N3/c1-11(2)8-10(14-7-6-13-5)9-12(3,4)15-11/h10,13-15H,6-9H2,1-5H3. The zero-order chi connectivity index (χ0) is 11.5. The smallest absolute Gasteiger partial charge is 0.0144 e. The van der Waals surface area contributed by atoms with Gasteiger partial charge in [0.2, 0.25) is 0 Å². The van der Waals surface area contributed by atoms with Gasteiger partial charge in [0.15, 0.2) is 0 Å². The maximum atomic E-state index is 3.70. The van der Waals surface area contributed by atoms with E-state index in [9.17, 15) is 0 Å². The first-order valence-electron chi connectivity index (χ1n) is 6.02. The Bertz CT molecular complexity index is 183. The fourth-order valence-corrected chi connectivity index (χ4v) is 2.87. The van der Waals surface area contributed by atoms with Crippen molar-refractivity contribution in [3.05, 3.63) is 0 Å². The summed E-state index contributed by atoms with van der Waals surface area (Å²) in [4.78, 5) is 0. The van der Waals surface area contributed by atoms with Crippen LogP contribution in [0.25, 0.3) is 0 Å². The number of hydrogen-bond acceptors (Lipinski definition) is 3. The number of likely N-dealkylation sites (N-methyl/N-ethyl adjacent to an activating group) is 1. The predicted octanol–water partition coefficient (Wildman–Crippen LogP) is 1.10. The molecule has 0 unspecified atom stereocenters. The van der Waals surface area contributed by atoms with E-state index in [0.717, 1.165) is 13.1 Å². The van der Waals surface area contributed by atoms with Crippen molar-refractivity contribution in [1.82, 2.24) is 16.0 Å². The topological polar surface area (TPSA) is 36.1 Å². The van der Waals surface area contributed by atoms with Crippen LogP contribution in [0.2, 0.25) is 0 Å². The summed E-state index contributed by atoms with van der Waals surface area (Å²) >= 11 is 0. The number of piperidine rings is 1. The van der Waals surface area contributed by atoms with E-state index in [4.69, 9.17) is 0 Å². The SMILES string of the molecule is CNCCNC1CC(C)(C)NC(C)(C)C1. The fourth-order valence-electron chi connectivity index (χ4n) is 2.87. The molecule has 0 aromatic rings. The van der Waals surface area contributed by atoms with Crippen molar-refractivity contribution in [2.45, 2.75) is 57.7 Å². The van der Waals surface area contributed by atoms with E-state index in [1.54, 1.807) is 0 Å². The van der Waals surface area contributed by atoms with E-state index < -0.39 is 0 Å². The molecule has 1 aliphatic rings. The average Bonchev–Trinajstić information content (AvgIpc) is 1.98. The highest BCUT2D eigenvalue weighted by Crippen LogP contribution is 2.28. The molecule has 0 spiro atoms. The van der Waals surface area contributed by atoms with Gasteiger partial charge in [-0.25, -0.2) is 0 Å². The minimum absolute atomic E-state index is 0.249. The Hall–Kier alpha value is -0.120. The van der Waals surface area contributed by atoms with Crippen molar-refractivity contribution < 1.29 is 0 Å². The molecule has 0 aliphatic carbocycles. The molecule has 1 heterocycles. The quantitative estimate of drug-likeness (QED) is 0.612. The van der Waals surface area contributed by atoms with Gasteiger partial charge in [0.05, 0.1) is 0 Å². The summed E-state index contributed by atoms with van der Waals surface area (Å²) in [6.07, 6.45) is 2.42. The zero-order valence-corrected chi connectivity index (χ0v) is 10.9. The van der Waals surface area contributed by atoms with Crippen LogP contribution >= 0.6 is 0 Å². The van der Waals surface area contributed by atoms with Gasteiger partial charge in [-0.3, -0.25) is 0 Å². The molecule has 3 nitrogen and oxygen atoms in total. The van der Waals surface area contributed by atoms with E-state index in [2.05, 4.69) is 43.6 Å². The van der Waals surface area contributed by atoms with Crippen LogP contribution in [0, 0.1) is 0 Å². The van der Waals surface area contributed by atoms with Gasteiger partial charge in [0, 0.05) is 30.2 Å². The van der Waals surface area contributed by atoms with Gasteiger partial charge < -0.3 is 16.0 Å². The molecule has 3 N–H and O–H groups in total. The van der Waals surface area contributed by atoms with Gasteiger partial charge in [-0.2, -0.15) is 0 Å². The molecule has 3 heteroatoms. The van der Waals surface area contributed by atoms with Crippen LogP contribution in [0.15, 0.2) is 0 Å². The maximum absolute atomic E-state index is 3.70. The molecule has 15 heavy (non-hydrogen) atoms. The van der Waals surface area contributed by atoms with Gasteiger partial charge in [-0.15, -0.1) is 0 Å². The van der Waals surface area contributed by atoms with E-state index >= 15 is 0 Å². The summed E-state index contributed by atoms with van der Waals surface area (Å²) in [5, 5.41) is 10.5. The summed E-state index contributed by atoms with van der Waals surface area (Å²) in [6, 6.07) is 0.643. The third-order valence-electron chi connectivity index (χ3n) is 3.00. The van der Waals surface area contributed by atoms with Crippen LogP contribution < -0.4 is 16.0 Å². The molecule has 0 saturated carbocycles. The highest BCUT2D eigenvalue weighted by atomic mass is 15.1. The van der Waals surface area contributed by atoms with Gasteiger partial charge in [-0.1, -0.05) is 0 Å². The lowest BCUT2D eigenvalue weighted by molar-refractivity contribution is 0.147. The Morgan fingerprint density at radius 1 is 1.07 bits per heavy atom. The van der Waals surface area contributed by atoms with Crippen LogP contribution in [-0.2, 0) is 0 Å². The molecule has 1 fully saturated rings. The second kappa shape index (κ2) is 4.81. The third kappa shape index (κ3) is 4.49. The second-order valence-electron chi connectivity index (χ2n) is 6.06. The van der Waals surface area contributed by atoms with Crippen molar-refractivity contribution in [3.63, 3.8) is 0 Å². The Morgan fingerprint density at radius 2 is 1.60 bits per heavy atom. The van der Waals surface area contributed by atoms with Crippen molar-refractivity contribution in [2.24, 2.45) is 0 Å². The van der Waals surface area contributed by atoms with Crippen LogP contribution in [0.4, 0.5) is 0 Å². The third-order valence-corrected chi connectivity index (χ3v) is 3.00. The van der Waals surface area contributed by atoms with Crippen molar-refractivity contribution in [1.29, 1.82) is 0 Å². The van der Waals surface area contributed by atoms with Gasteiger partial charge >= 0.3 is 0 Å². The van der Waals surface area contributed by atoms with Gasteiger partial charge in [-0.05, 0) is 47.6 Å². The predicted molar refractivity (Wildman–Crippen MR) is 66.2 cm³/mol. The number of nitrogens with one attached hydrogen (secondary N) is 3. The van der Waals surface area contributed by atoms with Crippen molar-refractivity contribution >= 4 is 0 Å². The first-order valence-corrected chi connectivity index (χ1v) is 6.02. The lowest BCUT2D eigenvalue weighted by atomic mass is 9.79. The summed E-state index contributed by atoms with van der Waals surface area (Å²) in [5.41, 5.74) is 0.498. The number of hydrogen-bond donors (Lipinski definition) is 3. The Labute approximate surface area is 94.4 Å². The highest BCUT2D eigenvalue weighted by Gasteiger charge is 2.37. The largest absolute Gasteiger partial charge is 0.318 e. The summed E-state index contributed by atoms with van der Waals surface area (Å²) in [6.45, 7) is 11.3. The fraction of sp³-hybridized carbons (Fsp3) is 1.00. The Kier molecular flexibility index (Phi) is 4.15. The van der Waals surface area contributed by atoms with E-state index in [1.165, 1.54) is 12.8 Å². The van der Waals surface area contributed by atoms with Crippen LogP contribution in [0.3, 0.4) is 0 Å². The minimum atomic E-state index is 0.249. The summed E-state index contributed by atoms with van der Waals surface area (Å²) < 4.78 is 0. The molecule has 0 amide bonds. The molecule has 1 rings (SSSR count). The lowest BCUT2D eigenvalue weighted by Crippen LogP contribution is -2.61. The molecule has 90 valence electrons.